The number of thioether (sulfide) groups is 1. The van der Waals surface area contributed by atoms with Crippen LogP contribution < -0.4 is 10.6 Å². The van der Waals surface area contributed by atoms with Crippen LogP contribution in [0.1, 0.15) is 21.5 Å². The highest BCUT2D eigenvalue weighted by Gasteiger charge is 2.12. The standard InChI is InChI=1S/C20H24N2O3S/c1-15-7-3-4-8-16(15)13-26-14-19(23)22-18-10-6-5-9-17(18)20(24)21-11-12-25-2/h3-10H,11-14H2,1-2H3,(H,21,24)(H,22,23). The number of hydrogen-bond donors (Lipinski definition) is 2. The van der Waals surface area contributed by atoms with Crippen LogP contribution in [0.25, 0.3) is 0 Å². The van der Waals surface area contributed by atoms with Crippen molar-refractivity contribution in [2.24, 2.45) is 0 Å². The largest absolute Gasteiger partial charge is 0.383 e. The van der Waals surface area contributed by atoms with Crippen molar-refractivity contribution in [3.05, 3.63) is 65.2 Å². The van der Waals surface area contributed by atoms with Gasteiger partial charge in [0.2, 0.25) is 5.91 Å². The molecule has 0 radical (unpaired) electrons. The van der Waals surface area contributed by atoms with Crippen molar-refractivity contribution in [3.63, 3.8) is 0 Å². The molecule has 0 heterocycles. The van der Waals surface area contributed by atoms with Crippen molar-refractivity contribution < 1.29 is 14.3 Å². The summed E-state index contributed by atoms with van der Waals surface area (Å²) in [5.41, 5.74) is 3.41. The Bertz CT molecular complexity index is 749. The van der Waals surface area contributed by atoms with Gasteiger partial charge >= 0.3 is 0 Å². The molecule has 5 nitrogen and oxygen atoms in total. The van der Waals surface area contributed by atoms with E-state index in [1.165, 1.54) is 11.1 Å². The first-order valence-electron chi connectivity index (χ1n) is 8.40. The van der Waals surface area contributed by atoms with Crippen LogP contribution in [0.3, 0.4) is 0 Å². The summed E-state index contributed by atoms with van der Waals surface area (Å²) >= 11 is 1.55. The van der Waals surface area contributed by atoms with Gasteiger partial charge in [-0.1, -0.05) is 36.4 Å². The fraction of sp³-hybridized carbons (Fsp3) is 0.300. The molecule has 2 N–H and O–H groups in total. The van der Waals surface area contributed by atoms with Crippen LogP contribution in [0.2, 0.25) is 0 Å². The molecule has 2 rings (SSSR count). The molecule has 138 valence electrons. The molecule has 0 unspecified atom stereocenters. The first kappa shape index (κ1) is 20.0. The van der Waals surface area contributed by atoms with Gasteiger partial charge in [-0.15, -0.1) is 11.8 Å². The topological polar surface area (TPSA) is 67.4 Å². The molecular weight excluding hydrogens is 348 g/mol. The molecule has 0 aliphatic heterocycles. The third kappa shape index (κ3) is 6.20. The summed E-state index contributed by atoms with van der Waals surface area (Å²) < 4.78 is 4.92. The molecule has 0 bridgehead atoms. The van der Waals surface area contributed by atoms with Gasteiger partial charge in [0.25, 0.3) is 5.91 Å². The van der Waals surface area contributed by atoms with Gasteiger partial charge in [0.1, 0.15) is 0 Å². The molecule has 0 spiro atoms. The quantitative estimate of drug-likeness (QED) is 0.663. The average Bonchev–Trinajstić information content (AvgIpc) is 2.64. The molecule has 2 amide bonds. The number of amides is 2. The van der Waals surface area contributed by atoms with Crippen molar-refractivity contribution in [2.75, 3.05) is 31.3 Å². The van der Waals surface area contributed by atoms with Crippen molar-refractivity contribution in [3.8, 4) is 0 Å². The van der Waals surface area contributed by atoms with E-state index in [2.05, 4.69) is 29.7 Å². The second-order valence-electron chi connectivity index (χ2n) is 5.76. The zero-order valence-electron chi connectivity index (χ0n) is 15.1. The van der Waals surface area contributed by atoms with E-state index in [1.807, 2.05) is 12.1 Å². The number of ether oxygens (including phenoxy) is 1. The molecule has 2 aromatic carbocycles. The van der Waals surface area contributed by atoms with E-state index < -0.39 is 0 Å². The first-order chi connectivity index (χ1) is 12.6. The number of hydrogen-bond acceptors (Lipinski definition) is 4. The SMILES string of the molecule is COCCNC(=O)c1ccccc1NC(=O)CSCc1ccccc1C. The van der Waals surface area contributed by atoms with Crippen LogP contribution in [-0.4, -0.2) is 37.8 Å². The van der Waals surface area contributed by atoms with Crippen LogP contribution in [-0.2, 0) is 15.3 Å². The molecule has 0 fully saturated rings. The van der Waals surface area contributed by atoms with Gasteiger partial charge in [-0.25, -0.2) is 0 Å². The van der Waals surface area contributed by atoms with Crippen LogP contribution in [0.5, 0.6) is 0 Å². The van der Waals surface area contributed by atoms with E-state index >= 15 is 0 Å². The van der Waals surface area contributed by atoms with Crippen molar-refractivity contribution in [1.29, 1.82) is 0 Å². The summed E-state index contributed by atoms with van der Waals surface area (Å²) in [6.45, 7) is 2.92. The highest BCUT2D eigenvalue weighted by molar-refractivity contribution is 7.99. The maximum Gasteiger partial charge on any atom is 0.253 e. The molecule has 0 aliphatic carbocycles. The van der Waals surface area contributed by atoms with E-state index in [4.69, 9.17) is 4.74 Å². The first-order valence-corrected chi connectivity index (χ1v) is 9.55. The zero-order chi connectivity index (χ0) is 18.8. The summed E-state index contributed by atoms with van der Waals surface area (Å²) in [6, 6.07) is 15.1. The number of para-hydroxylation sites is 1. The maximum atomic E-state index is 12.2. The number of carbonyl (C=O) groups excluding carboxylic acids is 2. The predicted octanol–water partition coefficient (Wildman–Crippen LogP) is 3.24. The molecule has 0 saturated carbocycles. The molecule has 0 aliphatic rings. The fourth-order valence-corrected chi connectivity index (χ4v) is 3.27. The summed E-state index contributed by atoms with van der Waals surface area (Å²) in [7, 11) is 1.58. The van der Waals surface area contributed by atoms with E-state index in [-0.39, 0.29) is 11.8 Å². The molecule has 0 aromatic heterocycles. The second kappa shape index (κ2) is 10.6. The van der Waals surface area contributed by atoms with Crippen LogP contribution in [0.15, 0.2) is 48.5 Å². The van der Waals surface area contributed by atoms with E-state index in [0.717, 1.165) is 5.75 Å². The van der Waals surface area contributed by atoms with Crippen molar-refractivity contribution in [2.45, 2.75) is 12.7 Å². The highest BCUT2D eigenvalue weighted by Crippen LogP contribution is 2.18. The Morgan fingerprint density at radius 1 is 1.08 bits per heavy atom. The maximum absolute atomic E-state index is 12.2. The number of carbonyl (C=O) groups is 2. The fourth-order valence-electron chi connectivity index (χ4n) is 2.36. The zero-order valence-corrected chi connectivity index (χ0v) is 15.9. The number of anilines is 1. The smallest absolute Gasteiger partial charge is 0.253 e. The van der Waals surface area contributed by atoms with Gasteiger partial charge in [0, 0.05) is 19.4 Å². The highest BCUT2D eigenvalue weighted by atomic mass is 32.2. The van der Waals surface area contributed by atoms with Crippen LogP contribution >= 0.6 is 11.8 Å². The van der Waals surface area contributed by atoms with Crippen LogP contribution in [0.4, 0.5) is 5.69 Å². The Balaban J connectivity index is 1.88. The minimum atomic E-state index is -0.231. The number of methoxy groups -OCH3 is 1. The van der Waals surface area contributed by atoms with Gasteiger partial charge in [0.05, 0.1) is 23.6 Å². The number of benzene rings is 2. The molecule has 2 aromatic rings. The average molecular weight is 372 g/mol. The van der Waals surface area contributed by atoms with Gasteiger partial charge in [-0.05, 0) is 30.2 Å². The van der Waals surface area contributed by atoms with E-state index in [0.29, 0.717) is 30.2 Å². The Hall–Kier alpha value is -2.31. The summed E-state index contributed by atoms with van der Waals surface area (Å²) in [5, 5.41) is 5.59. The second-order valence-corrected chi connectivity index (χ2v) is 6.75. The molecule has 26 heavy (non-hydrogen) atoms. The van der Waals surface area contributed by atoms with E-state index in [9.17, 15) is 9.59 Å². The monoisotopic (exact) mass is 372 g/mol. The van der Waals surface area contributed by atoms with Gasteiger partial charge in [-0.3, -0.25) is 9.59 Å². The third-order valence-electron chi connectivity index (χ3n) is 3.79. The number of aryl methyl sites for hydroxylation is 1. The van der Waals surface area contributed by atoms with Crippen LogP contribution in [0, 0.1) is 6.92 Å². The minimum Gasteiger partial charge on any atom is -0.383 e. The molecule has 0 saturated heterocycles. The summed E-state index contributed by atoms with van der Waals surface area (Å²) in [6.07, 6.45) is 0. The van der Waals surface area contributed by atoms with Gasteiger partial charge in [-0.2, -0.15) is 0 Å². The Morgan fingerprint density at radius 2 is 1.81 bits per heavy atom. The molecular formula is C20H24N2O3S. The summed E-state index contributed by atoms with van der Waals surface area (Å²) in [4.78, 5) is 24.5. The Labute approximate surface area is 158 Å². The minimum absolute atomic E-state index is 0.124. The normalized spacial score (nSPS) is 10.4. The van der Waals surface area contributed by atoms with Crippen molar-refractivity contribution in [1.82, 2.24) is 5.32 Å². The third-order valence-corrected chi connectivity index (χ3v) is 4.77. The number of nitrogens with one attached hydrogen (secondary N) is 2. The number of rotatable bonds is 9. The lowest BCUT2D eigenvalue weighted by Gasteiger charge is -2.11. The van der Waals surface area contributed by atoms with Crippen molar-refractivity contribution >= 4 is 29.3 Å². The summed E-state index contributed by atoms with van der Waals surface area (Å²) in [5.74, 6) is 0.749. The van der Waals surface area contributed by atoms with E-state index in [1.54, 1.807) is 43.1 Å². The lowest BCUT2D eigenvalue weighted by Crippen LogP contribution is -2.28. The van der Waals surface area contributed by atoms with Gasteiger partial charge in [0.15, 0.2) is 0 Å². The van der Waals surface area contributed by atoms with Gasteiger partial charge < -0.3 is 15.4 Å². The Kier molecular flexibility index (Phi) is 8.18. The Morgan fingerprint density at radius 3 is 2.58 bits per heavy atom. The lowest BCUT2D eigenvalue weighted by atomic mass is 10.1. The lowest BCUT2D eigenvalue weighted by molar-refractivity contribution is -0.113. The molecule has 0 atom stereocenters. The molecule has 6 heteroatoms. The predicted molar refractivity (Wildman–Crippen MR) is 107 cm³/mol.